The molecule has 1 saturated carbocycles. The van der Waals surface area contributed by atoms with Crippen LogP contribution >= 0.6 is 11.6 Å². The molecule has 0 radical (unpaired) electrons. The Morgan fingerprint density at radius 1 is 1.02 bits per heavy atom. The van der Waals surface area contributed by atoms with Gasteiger partial charge in [-0.3, -0.25) is 4.79 Å². The molecule has 294 valence electrons. The third kappa shape index (κ3) is 7.23. The topological polar surface area (TPSA) is 97.4 Å². The first-order chi connectivity index (χ1) is 25.9. The molecule has 0 unspecified atom stereocenters. The monoisotopic (exact) mass is 779 g/mol. The predicted molar refractivity (Wildman–Crippen MR) is 213 cm³/mol. The Kier molecular flexibility index (Phi) is 10.6. The van der Waals surface area contributed by atoms with Crippen LogP contribution < -0.4 is 14.4 Å². The maximum absolute atomic E-state index is 13.7. The lowest BCUT2D eigenvalue weighted by Gasteiger charge is -2.53. The van der Waals surface area contributed by atoms with E-state index in [1.165, 1.54) is 24.0 Å². The summed E-state index contributed by atoms with van der Waals surface area (Å²) in [4.78, 5) is 18.7. The second kappa shape index (κ2) is 15.0. The number of carbonyl (C=O) groups is 1. The van der Waals surface area contributed by atoms with Gasteiger partial charge in [-0.15, -0.1) is 0 Å². The van der Waals surface area contributed by atoms with Crippen molar-refractivity contribution < 1.29 is 27.4 Å². The van der Waals surface area contributed by atoms with Crippen LogP contribution in [-0.2, 0) is 31.3 Å². The van der Waals surface area contributed by atoms with Crippen LogP contribution in [0.2, 0.25) is 5.02 Å². The molecule has 2 saturated heterocycles. The summed E-state index contributed by atoms with van der Waals surface area (Å²) < 4.78 is 48.9. The Balaban J connectivity index is 1.17. The van der Waals surface area contributed by atoms with Gasteiger partial charge in [-0.1, -0.05) is 36.7 Å². The second-order valence-electron chi connectivity index (χ2n) is 17.6. The molecule has 2 aliphatic carbocycles. The molecule has 3 fully saturated rings. The average Bonchev–Trinajstić information content (AvgIpc) is 3.30. The number of sulfonamides is 1. The van der Waals surface area contributed by atoms with Crippen molar-refractivity contribution >= 4 is 33.2 Å². The quantitative estimate of drug-likeness (QED) is 0.328. The van der Waals surface area contributed by atoms with Gasteiger partial charge in [0.2, 0.25) is 10.0 Å². The molecule has 54 heavy (non-hydrogen) atoms. The van der Waals surface area contributed by atoms with Gasteiger partial charge in [0.15, 0.2) is 0 Å². The number of halogens is 1. The van der Waals surface area contributed by atoms with Crippen LogP contribution in [-0.4, -0.2) is 89.7 Å². The van der Waals surface area contributed by atoms with E-state index < -0.39 is 26.8 Å². The summed E-state index contributed by atoms with van der Waals surface area (Å²) in [6.45, 7) is 10.3. The summed E-state index contributed by atoms with van der Waals surface area (Å²) in [6.07, 6.45) is 14.8. The number of amides is 1. The Hall–Kier alpha value is -2.63. The molecule has 9 nitrogen and oxygen atoms in total. The van der Waals surface area contributed by atoms with Gasteiger partial charge in [-0.2, -0.15) is 0 Å². The van der Waals surface area contributed by atoms with Crippen molar-refractivity contribution in [2.75, 3.05) is 64.6 Å². The lowest BCUT2D eigenvalue weighted by molar-refractivity contribution is -0.101. The zero-order valence-corrected chi connectivity index (χ0v) is 33.9. The third-order valence-electron chi connectivity index (χ3n) is 14.6. The first-order valence-electron chi connectivity index (χ1n) is 20.3. The highest BCUT2D eigenvalue weighted by atomic mass is 35.5. The number of piperidine rings is 1. The summed E-state index contributed by atoms with van der Waals surface area (Å²) in [5.41, 5.74) is 3.34. The number of hydrogen-bond donors (Lipinski definition) is 1. The summed E-state index contributed by atoms with van der Waals surface area (Å²) >= 11 is 6.52. The van der Waals surface area contributed by atoms with Crippen molar-refractivity contribution in [3.63, 3.8) is 0 Å². The molecule has 6 atom stereocenters. The lowest BCUT2D eigenvalue weighted by atomic mass is 9.63. The van der Waals surface area contributed by atoms with E-state index in [-0.39, 0.29) is 17.3 Å². The van der Waals surface area contributed by atoms with Gasteiger partial charge in [-0.25, -0.2) is 13.1 Å². The Bertz CT molecular complexity index is 1850. The van der Waals surface area contributed by atoms with Gasteiger partial charge >= 0.3 is 0 Å². The minimum atomic E-state index is -3.95. The van der Waals surface area contributed by atoms with Crippen molar-refractivity contribution in [3.8, 4) is 5.75 Å². The largest absolute Gasteiger partial charge is 0.490 e. The lowest BCUT2D eigenvalue weighted by Crippen LogP contribution is -2.58. The summed E-state index contributed by atoms with van der Waals surface area (Å²) in [6, 6.07) is 11.7. The van der Waals surface area contributed by atoms with Crippen molar-refractivity contribution in [2.45, 2.75) is 94.3 Å². The second-order valence-corrected chi connectivity index (χ2v) is 20.0. The van der Waals surface area contributed by atoms with E-state index in [0.29, 0.717) is 29.9 Å². The number of nitrogens with zero attached hydrogens (tertiary/aromatic N) is 2. The molecule has 1 N–H and O–H groups in total. The highest BCUT2D eigenvalue weighted by Gasteiger charge is 2.50. The first kappa shape index (κ1) is 38.3. The Morgan fingerprint density at radius 3 is 2.56 bits per heavy atom. The number of aryl methyl sites for hydroxylation is 1. The number of allylic oxidation sites excluding steroid dienone is 1. The number of likely N-dealkylation sites (tertiary alicyclic amines) is 1. The van der Waals surface area contributed by atoms with Crippen LogP contribution in [0.25, 0.3) is 0 Å². The van der Waals surface area contributed by atoms with E-state index in [2.05, 4.69) is 38.8 Å². The number of carbonyl (C=O) groups excluding carboxylic acids is 1. The van der Waals surface area contributed by atoms with Crippen LogP contribution in [0.4, 0.5) is 5.69 Å². The molecule has 2 aromatic rings. The van der Waals surface area contributed by atoms with E-state index in [1.807, 2.05) is 32.2 Å². The van der Waals surface area contributed by atoms with E-state index in [4.69, 9.17) is 25.8 Å². The van der Waals surface area contributed by atoms with Crippen LogP contribution in [0.15, 0.2) is 48.6 Å². The Morgan fingerprint density at radius 2 is 1.81 bits per heavy atom. The van der Waals surface area contributed by atoms with E-state index >= 15 is 0 Å². The van der Waals surface area contributed by atoms with Gasteiger partial charge in [0.1, 0.15) is 11.4 Å². The third-order valence-corrected chi connectivity index (χ3v) is 16.7. The zero-order valence-electron chi connectivity index (χ0n) is 32.3. The highest BCUT2D eigenvalue weighted by molar-refractivity contribution is 7.90. The number of methoxy groups -OCH3 is 1. The highest BCUT2D eigenvalue weighted by Crippen LogP contribution is 2.50. The Labute approximate surface area is 327 Å². The van der Waals surface area contributed by atoms with Gasteiger partial charge in [0.05, 0.1) is 17.5 Å². The van der Waals surface area contributed by atoms with Crippen LogP contribution in [0.1, 0.15) is 93.1 Å². The number of anilines is 1. The molecule has 4 aliphatic heterocycles. The van der Waals surface area contributed by atoms with Crippen molar-refractivity contribution in [2.24, 2.45) is 23.2 Å². The minimum absolute atomic E-state index is 0.213. The summed E-state index contributed by atoms with van der Waals surface area (Å²) in [7, 11) is -2.08. The van der Waals surface area contributed by atoms with Gasteiger partial charge < -0.3 is 24.0 Å². The standard InChI is InChI=1S/C43H58ClN3O6S/c1-30-6-4-15-43(51-3,28-46-20-16-41(17-21-46)18-22-52-23-19-41)37-11-8-34(37)26-47-27-42(14-5-7-32-24-35(44)10-12-36(32)42)29-53-39-13-9-33(25-38(39)47)40(48)45-54(49,50)31(30)2/h4,9-10,12-13,15,24-25,30-31,34,37H,5-8,11,14,16-23,26-29H2,1-3H3,(H,45,48)/b15-4+/t30-,31+,34-,37+,42-,43+/m0/s1. The SMILES string of the molecule is CO[C@@]1(CN2CCC3(CCOCC3)CC2)/C=C/C[C@H](C)[C@@H](C)S(=O)(=O)NC(=O)c2ccc3c(c2)N(C[C@@H]2CC[C@H]21)C[C@@]1(CCCc2cc(Cl)ccc21)CO3. The summed E-state index contributed by atoms with van der Waals surface area (Å²) in [5, 5.41) is -0.0218. The molecule has 11 heteroatoms. The average molecular weight is 780 g/mol. The molecule has 8 rings (SSSR count). The molecule has 4 heterocycles. The van der Waals surface area contributed by atoms with Crippen molar-refractivity contribution in [3.05, 3.63) is 70.3 Å². The fourth-order valence-corrected chi connectivity index (χ4v) is 12.1. The summed E-state index contributed by atoms with van der Waals surface area (Å²) in [5.74, 6) is 0.517. The number of fused-ring (bicyclic) bond motifs is 4. The molecule has 2 aromatic carbocycles. The van der Waals surface area contributed by atoms with Crippen molar-refractivity contribution in [1.82, 2.24) is 9.62 Å². The van der Waals surface area contributed by atoms with Crippen LogP contribution in [0.5, 0.6) is 5.75 Å². The van der Waals surface area contributed by atoms with E-state index in [9.17, 15) is 13.2 Å². The predicted octanol–water partition coefficient (Wildman–Crippen LogP) is 7.16. The normalized spacial score (nSPS) is 34.4. The first-order valence-corrected chi connectivity index (χ1v) is 22.3. The van der Waals surface area contributed by atoms with Crippen LogP contribution in [0, 0.1) is 23.2 Å². The smallest absolute Gasteiger partial charge is 0.264 e. The maximum atomic E-state index is 13.7. The van der Waals surface area contributed by atoms with Gasteiger partial charge in [0, 0.05) is 56.0 Å². The number of nitrogens with one attached hydrogen (secondary N) is 1. The molecular formula is C43H58ClN3O6S. The number of benzene rings is 2. The van der Waals surface area contributed by atoms with E-state index in [1.54, 1.807) is 13.0 Å². The molecule has 0 aromatic heterocycles. The number of hydrogen-bond acceptors (Lipinski definition) is 8. The number of ether oxygens (including phenoxy) is 3. The number of rotatable bonds is 3. The fourth-order valence-electron chi connectivity index (χ4n) is 10.6. The fraction of sp³-hybridized carbons (Fsp3) is 0.651. The van der Waals surface area contributed by atoms with Gasteiger partial charge in [0.25, 0.3) is 5.91 Å². The molecule has 1 amide bonds. The zero-order chi connectivity index (χ0) is 37.7. The molecule has 2 spiro atoms. The maximum Gasteiger partial charge on any atom is 0.264 e. The van der Waals surface area contributed by atoms with E-state index in [0.717, 1.165) is 107 Å². The molecular weight excluding hydrogens is 722 g/mol. The minimum Gasteiger partial charge on any atom is -0.490 e. The molecule has 6 aliphatic rings. The van der Waals surface area contributed by atoms with Crippen molar-refractivity contribution in [1.29, 1.82) is 0 Å². The molecule has 2 bridgehead atoms. The van der Waals surface area contributed by atoms with Gasteiger partial charge in [-0.05, 0) is 149 Å². The van der Waals surface area contributed by atoms with Crippen LogP contribution in [0.3, 0.4) is 0 Å².